The highest BCUT2D eigenvalue weighted by Gasteiger charge is 2.33. The number of oxazole rings is 1. The Kier molecular flexibility index (Phi) is 8.51. The molecule has 1 unspecified atom stereocenters. The lowest BCUT2D eigenvalue weighted by Gasteiger charge is -2.35. The molecule has 1 aliphatic heterocycles. The number of hydrogen-bond acceptors (Lipinski definition) is 7. The number of morpholine rings is 1. The van der Waals surface area contributed by atoms with E-state index in [9.17, 15) is 14.4 Å². The SMILES string of the molecule is O=C(NCCC(C(=O)N1CCOCC1)C1CCCCC1)OCCC(=O)c1nc2ccccc2o1. The van der Waals surface area contributed by atoms with Gasteiger partial charge >= 0.3 is 6.09 Å². The molecule has 9 heteroatoms. The molecule has 34 heavy (non-hydrogen) atoms. The highest BCUT2D eigenvalue weighted by Crippen LogP contribution is 2.33. The number of alkyl carbamates (subject to hydrolysis) is 1. The molecule has 1 aromatic heterocycles. The van der Waals surface area contributed by atoms with Crippen molar-refractivity contribution in [3.8, 4) is 0 Å². The predicted molar refractivity (Wildman–Crippen MR) is 124 cm³/mol. The van der Waals surface area contributed by atoms with Gasteiger partial charge in [0.25, 0.3) is 5.89 Å². The summed E-state index contributed by atoms with van der Waals surface area (Å²) in [6.07, 6.45) is 5.63. The van der Waals surface area contributed by atoms with Gasteiger partial charge in [-0.2, -0.15) is 0 Å². The highest BCUT2D eigenvalue weighted by molar-refractivity contribution is 5.94. The van der Waals surface area contributed by atoms with E-state index in [0.29, 0.717) is 56.3 Å². The number of para-hydroxylation sites is 2. The lowest BCUT2D eigenvalue weighted by atomic mass is 9.77. The van der Waals surface area contributed by atoms with E-state index in [2.05, 4.69) is 10.3 Å². The molecular weight excluding hydrogens is 438 g/mol. The highest BCUT2D eigenvalue weighted by atomic mass is 16.5. The Morgan fingerprint density at radius 2 is 1.88 bits per heavy atom. The zero-order chi connectivity index (χ0) is 23.8. The molecular formula is C25H33N3O6. The minimum Gasteiger partial charge on any atom is -0.449 e. The van der Waals surface area contributed by atoms with Crippen molar-refractivity contribution in [3.05, 3.63) is 30.2 Å². The van der Waals surface area contributed by atoms with Crippen LogP contribution in [0.15, 0.2) is 28.7 Å². The van der Waals surface area contributed by atoms with Crippen LogP contribution in [0.5, 0.6) is 0 Å². The van der Waals surface area contributed by atoms with Crippen molar-refractivity contribution in [2.45, 2.75) is 44.9 Å². The summed E-state index contributed by atoms with van der Waals surface area (Å²) < 4.78 is 16.0. The van der Waals surface area contributed by atoms with Gasteiger partial charge in [0.1, 0.15) is 12.1 Å². The van der Waals surface area contributed by atoms with Crippen molar-refractivity contribution in [1.29, 1.82) is 0 Å². The molecule has 2 amide bonds. The van der Waals surface area contributed by atoms with Crippen LogP contribution < -0.4 is 5.32 Å². The second-order valence-electron chi connectivity index (χ2n) is 8.95. The number of Topliss-reactive ketones (excluding diaryl/α,β-unsaturated/α-hetero) is 1. The summed E-state index contributed by atoms with van der Waals surface area (Å²) in [5.41, 5.74) is 1.16. The molecule has 1 N–H and O–H groups in total. The van der Waals surface area contributed by atoms with E-state index in [1.807, 2.05) is 17.0 Å². The van der Waals surface area contributed by atoms with Crippen molar-refractivity contribution in [2.75, 3.05) is 39.5 Å². The third-order valence-electron chi connectivity index (χ3n) is 6.68. The van der Waals surface area contributed by atoms with Gasteiger partial charge in [0.15, 0.2) is 5.58 Å². The molecule has 1 saturated carbocycles. The number of fused-ring (bicyclic) bond motifs is 1. The van der Waals surface area contributed by atoms with Gasteiger partial charge in [-0.15, -0.1) is 0 Å². The summed E-state index contributed by atoms with van der Waals surface area (Å²) in [5, 5.41) is 2.74. The van der Waals surface area contributed by atoms with Gasteiger partial charge in [0.05, 0.1) is 19.6 Å². The van der Waals surface area contributed by atoms with Crippen LogP contribution in [0.3, 0.4) is 0 Å². The lowest BCUT2D eigenvalue weighted by Crippen LogP contribution is -2.46. The first-order valence-corrected chi connectivity index (χ1v) is 12.3. The number of amides is 2. The van der Waals surface area contributed by atoms with Crippen molar-refractivity contribution in [2.24, 2.45) is 11.8 Å². The van der Waals surface area contributed by atoms with E-state index in [-0.39, 0.29) is 36.5 Å². The van der Waals surface area contributed by atoms with E-state index in [4.69, 9.17) is 13.9 Å². The summed E-state index contributed by atoms with van der Waals surface area (Å²) in [6.45, 7) is 2.71. The maximum Gasteiger partial charge on any atom is 0.407 e. The largest absolute Gasteiger partial charge is 0.449 e. The molecule has 184 valence electrons. The zero-order valence-corrected chi connectivity index (χ0v) is 19.5. The third-order valence-corrected chi connectivity index (χ3v) is 6.68. The van der Waals surface area contributed by atoms with Crippen molar-refractivity contribution >= 4 is 28.9 Å². The number of hydrogen-bond donors (Lipinski definition) is 1. The molecule has 1 atom stereocenters. The first-order chi connectivity index (χ1) is 16.6. The van der Waals surface area contributed by atoms with E-state index < -0.39 is 6.09 Å². The first kappa shape index (κ1) is 24.2. The number of nitrogens with zero attached hydrogens (tertiary/aromatic N) is 2. The Morgan fingerprint density at radius 1 is 1.12 bits per heavy atom. The molecule has 2 heterocycles. The topological polar surface area (TPSA) is 111 Å². The Labute approximate surface area is 199 Å². The predicted octanol–water partition coefficient (Wildman–Crippen LogP) is 3.57. The number of aromatic nitrogens is 1. The molecule has 1 aliphatic carbocycles. The number of carbonyl (C=O) groups excluding carboxylic acids is 3. The summed E-state index contributed by atoms with van der Waals surface area (Å²) in [4.78, 5) is 43.7. The number of carbonyl (C=O) groups is 3. The van der Waals surface area contributed by atoms with E-state index in [1.165, 1.54) is 6.42 Å². The molecule has 4 rings (SSSR count). The summed E-state index contributed by atoms with van der Waals surface area (Å²) >= 11 is 0. The number of ether oxygens (including phenoxy) is 2. The van der Waals surface area contributed by atoms with Crippen LogP contribution in [0.25, 0.3) is 11.1 Å². The number of nitrogens with one attached hydrogen (secondary N) is 1. The van der Waals surface area contributed by atoms with Crippen LogP contribution >= 0.6 is 0 Å². The Morgan fingerprint density at radius 3 is 2.65 bits per heavy atom. The molecule has 0 radical (unpaired) electrons. The lowest BCUT2D eigenvalue weighted by molar-refractivity contribution is -0.142. The Hall–Kier alpha value is -2.94. The van der Waals surface area contributed by atoms with Crippen molar-refractivity contribution < 1.29 is 28.3 Å². The summed E-state index contributed by atoms with van der Waals surface area (Å²) in [5.74, 6) is 0.129. The fourth-order valence-corrected chi connectivity index (χ4v) is 4.83. The van der Waals surface area contributed by atoms with E-state index >= 15 is 0 Å². The van der Waals surface area contributed by atoms with Crippen LogP contribution in [-0.4, -0.2) is 67.1 Å². The Balaban J connectivity index is 1.21. The number of rotatable bonds is 9. The molecule has 0 bridgehead atoms. The molecule has 0 spiro atoms. The molecule has 9 nitrogen and oxygen atoms in total. The normalized spacial score (nSPS) is 17.9. The number of benzene rings is 1. The van der Waals surface area contributed by atoms with Crippen LogP contribution in [0.1, 0.15) is 55.6 Å². The van der Waals surface area contributed by atoms with Gasteiger partial charge in [-0.1, -0.05) is 31.4 Å². The zero-order valence-electron chi connectivity index (χ0n) is 19.5. The van der Waals surface area contributed by atoms with Gasteiger partial charge in [-0.05, 0) is 37.3 Å². The maximum absolute atomic E-state index is 13.2. The van der Waals surface area contributed by atoms with E-state index in [1.54, 1.807) is 12.1 Å². The fraction of sp³-hybridized carbons (Fsp3) is 0.600. The molecule has 2 fully saturated rings. The van der Waals surface area contributed by atoms with Gasteiger partial charge in [0, 0.05) is 25.6 Å². The van der Waals surface area contributed by atoms with Crippen molar-refractivity contribution in [1.82, 2.24) is 15.2 Å². The smallest absolute Gasteiger partial charge is 0.407 e. The minimum absolute atomic E-state index is 0.0134. The second kappa shape index (κ2) is 12.0. The average molecular weight is 472 g/mol. The first-order valence-electron chi connectivity index (χ1n) is 12.3. The van der Waals surface area contributed by atoms with Gasteiger partial charge < -0.3 is 24.1 Å². The average Bonchev–Trinajstić information content (AvgIpc) is 3.32. The molecule has 2 aromatic rings. The minimum atomic E-state index is -0.591. The second-order valence-corrected chi connectivity index (χ2v) is 8.95. The fourth-order valence-electron chi connectivity index (χ4n) is 4.83. The van der Waals surface area contributed by atoms with Crippen LogP contribution in [-0.2, 0) is 14.3 Å². The summed E-state index contributed by atoms with van der Waals surface area (Å²) in [7, 11) is 0. The monoisotopic (exact) mass is 471 g/mol. The maximum atomic E-state index is 13.2. The van der Waals surface area contributed by atoms with Gasteiger partial charge in [-0.25, -0.2) is 9.78 Å². The van der Waals surface area contributed by atoms with Crippen LogP contribution in [0, 0.1) is 11.8 Å². The van der Waals surface area contributed by atoms with Gasteiger partial charge in [0.2, 0.25) is 11.7 Å². The standard InChI is InChI=1S/C25H33N3O6/c29-21(23-27-20-8-4-5-9-22(20)34-23)11-15-33-25(31)26-12-10-19(18-6-2-1-3-7-18)24(30)28-13-16-32-17-14-28/h4-5,8-9,18-19H,1-3,6-7,10-17H2,(H,26,31). The molecule has 1 aromatic carbocycles. The van der Waals surface area contributed by atoms with Gasteiger partial charge in [-0.3, -0.25) is 9.59 Å². The molecule has 1 saturated heterocycles. The Bertz CT molecular complexity index is 945. The van der Waals surface area contributed by atoms with Crippen LogP contribution in [0.2, 0.25) is 0 Å². The third kappa shape index (κ3) is 6.34. The van der Waals surface area contributed by atoms with Crippen molar-refractivity contribution in [3.63, 3.8) is 0 Å². The summed E-state index contributed by atoms with van der Waals surface area (Å²) in [6, 6.07) is 7.14. The number of ketones is 1. The molecule has 2 aliphatic rings. The van der Waals surface area contributed by atoms with E-state index in [0.717, 1.165) is 25.7 Å². The van der Waals surface area contributed by atoms with Crippen LogP contribution in [0.4, 0.5) is 4.79 Å². The quantitative estimate of drug-likeness (QED) is 0.557.